The largest absolute Gasteiger partial charge is 0.441 e. The monoisotopic (exact) mass is 290 g/mol. The minimum absolute atomic E-state index is 0.157. The normalized spacial score (nSPS) is 10.9. The maximum absolute atomic E-state index is 11.9. The number of aromatic nitrogens is 1. The molecule has 1 N–H and O–H groups in total. The van der Waals surface area contributed by atoms with Crippen LogP contribution in [0.3, 0.4) is 0 Å². The van der Waals surface area contributed by atoms with E-state index in [0.29, 0.717) is 22.7 Å². The number of fused-ring (bicyclic) bond motifs is 1. The average Bonchev–Trinajstić information content (AvgIpc) is 3.03. The van der Waals surface area contributed by atoms with E-state index in [1.54, 1.807) is 18.2 Å². The SMILES string of the molecule is CCc1nc2cc(NC(=O)c3ccc(Cl)o3)ccc2o1. The zero-order valence-electron chi connectivity index (χ0n) is 10.6. The van der Waals surface area contributed by atoms with E-state index in [4.69, 9.17) is 20.4 Å². The van der Waals surface area contributed by atoms with Crippen LogP contribution >= 0.6 is 11.6 Å². The van der Waals surface area contributed by atoms with Crippen molar-refractivity contribution < 1.29 is 13.6 Å². The van der Waals surface area contributed by atoms with Gasteiger partial charge in [-0.2, -0.15) is 0 Å². The Kier molecular flexibility index (Phi) is 3.20. The second kappa shape index (κ2) is 5.02. The van der Waals surface area contributed by atoms with Crippen LogP contribution in [0, 0.1) is 0 Å². The van der Waals surface area contributed by atoms with E-state index in [2.05, 4.69) is 10.3 Å². The number of anilines is 1. The van der Waals surface area contributed by atoms with Gasteiger partial charge in [-0.3, -0.25) is 4.79 Å². The maximum Gasteiger partial charge on any atom is 0.291 e. The zero-order chi connectivity index (χ0) is 14.1. The molecule has 0 aliphatic rings. The molecule has 1 aromatic carbocycles. The van der Waals surface area contributed by atoms with Gasteiger partial charge in [-0.15, -0.1) is 0 Å². The molecule has 0 aliphatic carbocycles. The third-order valence-electron chi connectivity index (χ3n) is 2.79. The van der Waals surface area contributed by atoms with Gasteiger partial charge in [0.05, 0.1) is 0 Å². The van der Waals surface area contributed by atoms with Crippen LogP contribution in [0.15, 0.2) is 39.2 Å². The molecule has 2 heterocycles. The van der Waals surface area contributed by atoms with Gasteiger partial charge in [-0.1, -0.05) is 6.92 Å². The fourth-order valence-corrected chi connectivity index (χ4v) is 1.98. The van der Waals surface area contributed by atoms with Crippen LogP contribution in [0.1, 0.15) is 23.4 Å². The number of oxazole rings is 1. The molecule has 0 saturated heterocycles. The van der Waals surface area contributed by atoms with Crippen LogP contribution in [-0.4, -0.2) is 10.9 Å². The second-order valence-corrected chi connectivity index (χ2v) is 4.57. The highest BCUT2D eigenvalue weighted by atomic mass is 35.5. The fraction of sp³-hybridized carbons (Fsp3) is 0.143. The van der Waals surface area contributed by atoms with Crippen molar-refractivity contribution in [1.82, 2.24) is 4.98 Å². The molecule has 1 amide bonds. The van der Waals surface area contributed by atoms with Crippen molar-refractivity contribution in [1.29, 1.82) is 0 Å². The number of carbonyl (C=O) groups is 1. The first-order chi connectivity index (χ1) is 9.65. The van der Waals surface area contributed by atoms with E-state index < -0.39 is 0 Å². The quantitative estimate of drug-likeness (QED) is 0.794. The summed E-state index contributed by atoms with van der Waals surface area (Å²) < 4.78 is 10.6. The molecule has 5 nitrogen and oxygen atoms in total. The lowest BCUT2D eigenvalue weighted by Crippen LogP contribution is -2.10. The van der Waals surface area contributed by atoms with Crippen molar-refractivity contribution in [3.8, 4) is 0 Å². The number of furan rings is 1. The lowest BCUT2D eigenvalue weighted by Gasteiger charge is -2.02. The number of aryl methyl sites for hydroxylation is 1. The van der Waals surface area contributed by atoms with E-state index in [-0.39, 0.29) is 16.9 Å². The van der Waals surface area contributed by atoms with Crippen molar-refractivity contribution in [2.75, 3.05) is 5.32 Å². The Morgan fingerprint density at radius 1 is 1.30 bits per heavy atom. The minimum atomic E-state index is -0.365. The van der Waals surface area contributed by atoms with Crippen LogP contribution in [0.2, 0.25) is 5.22 Å². The molecule has 0 bridgehead atoms. The van der Waals surface area contributed by atoms with Gasteiger partial charge in [-0.25, -0.2) is 4.98 Å². The van der Waals surface area contributed by atoms with Crippen molar-refractivity contribution in [2.45, 2.75) is 13.3 Å². The summed E-state index contributed by atoms with van der Waals surface area (Å²) in [5, 5.41) is 2.89. The lowest BCUT2D eigenvalue weighted by molar-refractivity contribution is 0.0997. The molecule has 0 spiro atoms. The molecular formula is C14H11ClN2O3. The van der Waals surface area contributed by atoms with E-state index in [1.165, 1.54) is 12.1 Å². The third-order valence-corrected chi connectivity index (χ3v) is 2.99. The molecule has 0 aliphatic heterocycles. The van der Waals surface area contributed by atoms with Gasteiger partial charge in [0.15, 0.2) is 22.5 Å². The number of nitrogens with one attached hydrogen (secondary N) is 1. The first-order valence-corrected chi connectivity index (χ1v) is 6.49. The Hall–Kier alpha value is -2.27. The fourth-order valence-electron chi connectivity index (χ4n) is 1.83. The summed E-state index contributed by atoms with van der Waals surface area (Å²) in [7, 11) is 0. The molecule has 0 saturated carbocycles. The molecule has 0 atom stereocenters. The summed E-state index contributed by atoms with van der Waals surface area (Å²) in [5.74, 6) is 0.459. The number of nitrogens with zero attached hydrogens (tertiary/aromatic N) is 1. The predicted molar refractivity (Wildman–Crippen MR) is 75.1 cm³/mol. The van der Waals surface area contributed by atoms with Gasteiger partial charge in [0, 0.05) is 12.1 Å². The number of benzene rings is 1. The number of hydrogen-bond donors (Lipinski definition) is 1. The number of rotatable bonds is 3. The first kappa shape index (κ1) is 12.7. The van der Waals surface area contributed by atoms with Crippen LogP contribution in [0.25, 0.3) is 11.1 Å². The van der Waals surface area contributed by atoms with Crippen LogP contribution in [-0.2, 0) is 6.42 Å². The van der Waals surface area contributed by atoms with Gasteiger partial charge in [0.25, 0.3) is 5.91 Å². The van der Waals surface area contributed by atoms with Crippen molar-refractivity contribution in [2.24, 2.45) is 0 Å². The smallest absolute Gasteiger partial charge is 0.291 e. The topological polar surface area (TPSA) is 68.3 Å². The Balaban J connectivity index is 1.85. The van der Waals surface area contributed by atoms with E-state index in [9.17, 15) is 4.79 Å². The summed E-state index contributed by atoms with van der Waals surface area (Å²) in [5.41, 5.74) is 2.02. The molecule has 102 valence electrons. The van der Waals surface area contributed by atoms with Crippen LogP contribution < -0.4 is 5.32 Å². The van der Waals surface area contributed by atoms with Crippen LogP contribution in [0.4, 0.5) is 5.69 Å². The van der Waals surface area contributed by atoms with Crippen LogP contribution in [0.5, 0.6) is 0 Å². The van der Waals surface area contributed by atoms with Gasteiger partial charge >= 0.3 is 0 Å². The maximum atomic E-state index is 11.9. The molecule has 2 aromatic heterocycles. The Labute approximate surface area is 119 Å². The first-order valence-electron chi connectivity index (χ1n) is 6.12. The molecule has 3 aromatic rings. The minimum Gasteiger partial charge on any atom is -0.441 e. The Morgan fingerprint density at radius 3 is 2.85 bits per heavy atom. The van der Waals surface area contributed by atoms with Crippen molar-refractivity contribution in [3.63, 3.8) is 0 Å². The summed E-state index contributed by atoms with van der Waals surface area (Å²) in [6.45, 7) is 1.97. The third kappa shape index (κ3) is 2.40. The Morgan fingerprint density at radius 2 is 2.15 bits per heavy atom. The van der Waals surface area contributed by atoms with Gasteiger partial charge < -0.3 is 14.2 Å². The molecular weight excluding hydrogens is 280 g/mol. The molecule has 6 heteroatoms. The average molecular weight is 291 g/mol. The highest BCUT2D eigenvalue weighted by Gasteiger charge is 2.12. The lowest BCUT2D eigenvalue weighted by atomic mass is 10.3. The van der Waals surface area contributed by atoms with E-state index >= 15 is 0 Å². The number of hydrogen-bond acceptors (Lipinski definition) is 4. The molecule has 3 rings (SSSR count). The molecule has 20 heavy (non-hydrogen) atoms. The molecule has 0 unspecified atom stereocenters. The standard InChI is InChI=1S/C14H11ClN2O3/c1-2-13-17-9-7-8(3-4-10(9)20-13)16-14(18)11-5-6-12(15)19-11/h3-7H,2H2,1H3,(H,16,18). The second-order valence-electron chi connectivity index (χ2n) is 4.20. The number of carbonyl (C=O) groups excluding carboxylic acids is 1. The van der Waals surface area contributed by atoms with Crippen molar-refractivity contribution >= 4 is 34.3 Å². The Bertz CT molecular complexity index is 776. The summed E-state index contributed by atoms with van der Waals surface area (Å²) in [4.78, 5) is 16.2. The number of halogens is 1. The van der Waals surface area contributed by atoms with Gasteiger partial charge in [0.2, 0.25) is 0 Å². The van der Waals surface area contributed by atoms with E-state index in [1.807, 2.05) is 6.92 Å². The van der Waals surface area contributed by atoms with Gasteiger partial charge in [-0.05, 0) is 41.9 Å². The summed E-state index contributed by atoms with van der Waals surface area (Å²) >= 11 is 5.64. The summed E-state index contributed by atoms with van der Waals surface area (Å²) in [6.07, 6.45) is 0.723. The van der Waals surface area contributed by atoms with Gasteiger partial charge in [0.1, 0.15) is 5.52 Å². The van der Waals surface area contributed by atoms with Crippen molar-refractivity contribution in [3.05, 3.63) is 47.2 Å². The molecule has 0 radical (unpaired) electrons. The highest BCUT2D eigenvalue weighted by molar-refractivity contribution is 6.29. The predicted octanol–water partition coefficient (Wildman–Crippen LogP) is 3.89. The zero-order valence-corrected chi connectivity index (χ0v) is 11.4. The summed E-state index contributed by atoms with van der Waals surface area (Å²) in [6, 6.07) is 8.30. The molecule has 0 fully saturated rings. The highest BCUT2D eigenvalue weighted by Crippen LogP contribution is 2.21. The number of amides is 1. The van der Waals surface area contributed by atoms with E-state index in [0.717, 1.165) is 6.42 Å².